The number of aryl methyl sites for hydroxylation is 2. The Bertz CT molecular complexity index is 1500. The number of rotatable bonds is 7. The highest BCUT2D eigenvalue weighted by atomic mass is 16.6. The van der Waals surface area contributed by atoms with Crippen molar-refractivity contribution in [2.24, 2.45) is 11.3 Å². The highest BCUT2D eigenvalue weighted by Gasteiger charge is 2.55. The molecule has 3 aliphatic rings. The molecule has 222 valence electrons. The molecular weight excluding hydrogens is 528 g/mol. The van der Waals surface area contributed by atoms with Gasteiger partial charge in [0.25, 0.3) is 0 Å². The molecule has 0 bridgehead atoms. The molecule has 8 nitrogen and oxygen atoms in total. The zero-order chi connectivity index (χ0) is 29.6. The summed E-state index contributed by atoms with van der Waals surface area (Å²) in [6.45, 7) is 11.8. The maximum Gasteiger partial charge on any atom is 0.414 e. The SMILES string of the molecule is Cc1cccc(N2CC(Cn3cc(COC(=O)[C@]4(C)CCC[C@]5(C)c6ccc(C(C)C)cc6CC[C@@H]45)nn3)OC2=O)c1. The van der Waals surface area contributed by atoms with Crippen LogP contribution in [-0.2, 0) is 39.3 Å². The Morgan fingerprint density at radius 2 is 2.00 bits per heavy atom. The number of aromatic nitrogens is 3. The van der Waals surface area contributed by atoms with Crippen molar-refractivity contribution < 1.29 is 19.1 Å². The number of hydrogen-bond acceptors (Lipinski definition) is 6. The maximum atomic E-state index is 13.7. The third-order valence-corrected chi connectivity index (χ3v) is 10.0. The third kappa shape index (κ3) is 5.09. The standard InChI is InChI=1S/C34H42N4O4/c1-22(2)24-10-12-29-25(17-24)11-13-30-33(29,4)14-7-15-34(30,5)31(39)41-21-26-18-37(36-35-26)19-28-20-38(32(40)42-28)27-9-6-8-23(3)16-27/h6,8-10,12,16-18,22,28,30H,7,11,13-15,19-21H2,1-5H3/t28?,30-,33-,34-/m1/s1. The number of benzene rings is 2. The number of carbonyl (C=O) groups excluding carboxylic acids is 2. The summed E-state index contributed by atoms with van der Waals surface area (Å²) in [6.07, 6.45) is 5.98. The van der Waals surface area contributed by atoms with Gasteiger partial charge in [0.15, 0.2) is 0 Å². The number of amides is 1. The van der Waals surface area contributed by atoms with Gasteiger partial charge in [-0.1, -0.05) is 62.7 Å². The monoisotopic (exact) mass is 570 g/mol. The summed E-state index contributed by atoms with van der Waals surface area (Å²) in [6, 6.07) is 14.8. The van der Waals surface area contributed by atoms with Crippen LogP contribution >= 0.6 is 0 Å². The molecule has 0 radical (unpaired) electrons. The van der Waals surface area contributed by atoms with Crippen molar-refractivity contribution >= 4 is 17.7 Å². The summed E-state index contributed by atoms with van der Waals surface area (Å²) in [4.78, 5) is 27.8. The van der Waals surface area contributed by atoms with Crippen LogP contribution in [0.1, 0.15) is 87.2 Å². The van der Waals surface area contributed by atoms with Gasteiger partial charge in [-0.25, -0.2) is 9.48 Å². The Kier molecular flexibility index (Phi) is 7.36. The molecule has 2 aliphatic carbocycles. The van der Waals surface area contributed by atoms with E-state index in [9.17, 15) is 9.59 Å². The van der Waals surface area contributed by atoms with Crippen molar-refractivity contribution in [3.8, 4) is 0 Å². The van der Waals surface area contributed by atoms with E-state index in [2.05, 4.69) is 56.2 Å². The molecule has 42 heavy (non-hydrogen) atoms. The zero-order valence-electron chi connectivity index (χ0n) is 25.4. The van der Waals surface area contributed by atoms with Crippen LogP contribution in [-0.4, -0.2) is 39.7 Å². The van der Waals surface area contributed by atoms with E-state index in [0.29, 0.717) is 24.7 Å². The van der Waals surface area contributed by atoms with E-state index in [-0.39, 0.29) is 36.1 Å². The van der Waals surface area contributed by atoms with Gasteiger partial charge in [0.2, 0.25) is 0 Å². The summed E-state index contributed by atoms with van der Waals surface area (Å²) in [5.41, 5.74) is 6.15. The van der Waals surface area contributed by atoms with Crippen LogP contribution in [0.2, 0.25) is 0 Å². The third-order valence-electron chi connectivity index (χ3n) is 10.0. The molecule has 0 N–H and O–H groups in total. The number of esters is 1. The van der Waals surface area contributed by atoms with E-state index in [4.69, 9.17) is 9.47 Å². The lowest BCUT2D eigenvalue weighted by Gasteiger charge is -2.54. The van der Waals surface area contributed by atoms with Gasteiger partial charge in [0, 0.05) is 5.69 Å². The molecule has 2 fully saturated rings. The number of carbonyl (C=O) groups is 2. The maximum absolute atomic E-state index is 13.7. The van der Waals surface area contributed by atoms with Crippen LogP contribution in [0.5, 0.6) is 0 Å². The average Bonchev–Trinajstić information content (AvgIpc) is 3.56. The molecule has 0 spiro atoms. The molecule has 1 amide bonds. The van der Waals surface area contributed by atoms with E-state index in [1.54, 1.807) is 15.8 Å². The van der Waals surface area contributed by atoms with Gasteiger partial charge >= 0.3 is 12.1 Å². The lowest BCUT2D eigenvalue weighted by molar-refractivity contribution is -0.166. The zero-order valence-corrected chi connectivity index (χ0v) is 25.4. The topological polar surface area (TPSA) is 86.6 Å². The Morgan fingerprint density at radius 3 is 2.79 bits per heavy atom. The van der Waals surface area contributed by atoms with E-state index in [0.717, 1.165) is 43.4 Å². The lowest BCUT2D eigenvalue weighted by Crippen LogP contribution is -2.52. The van der Waals surface area contributed by atoms with Crippen molar-refractivity contribution in [3.63, 3.8) is 0 Å². The van der Waals surface area contributed by atoms with Gasteiger partial charge < -0.3 is 9.47 Å². The van der Waals surface area contributed by atoms with Crippen LogP contribution in [0.3, 0.4) is 0 Å². The van der Waals surface area contributed by atoms with Crippen molar-refractivity contribution in [3.05, 3.63) is 76.6 Å². The first-order chi connectivity index (χ1) is 20.1. The minimum atomic E-state index is -0.547. The predicted octanol–water partition coefficient (Wildman–Crippen LogP) is 6.49. The number of ether oxygens (including phenoxy) is 2. The molecule has 4 atom stereocenters. The number of hydrogen-bond donors (Lipinski definition) is 0. The minimum Gasteiger partial charge on any atom is -0.459 e. The molecular formula is C34H42N4O4. The molecule has 1 aliphatic heterocycles. The van der Waals surface area contributed by atoms with Crippen LogP contribution in [0, 0.1) is 18.3 Å². The quantitative estimate of drug-likeness (QED) is 0.302. The summed E-state index contributed by atoms with van der Waals surface area (Å²) in [5.74, 6) is 0.591. The first-order valence-electron chi connectivity index (χ1n) is 15.3. The number of nitrogens with zero attached hydrogens (tertiary/aromatic N) is 4. The molecule has 2 aromatic carbocycles. The number of fused-ring (bicyclic) bond motifs is 3. The molecule has 2 heterocycles. The molecule has 1 aromatic heterocycles. The predicted molar refractivity (Wildman–Crippen MR) is 160 cm³/mol. The van der Waals surface area contributed by atoms with Gasteiger partial charge in [-0.2, -0.15) is 0 Å². The molecule has 8 heteroatoms. The largest absolute Gasteiger partial charge is 0.459 e. The minimum absolute atomic E-state index is 0.0384. The normalized spacial score (nSPS) is 27.0. The van der Waals surface area contributed by atoms with E-state index in [1.807, 2.05) is 31.2 Å². The highest BCUT2D eigenvalue weighted by Crippen LogP contribution is 2.57. The summed E-state index contributed by atoms with van der Waals surface area (Å²) < 4.78 is 13.2. The number of cyclic esters (lactones) is 1. The second kappa shape index (κ2) is 10.9. The fraction of sp³-hybridized carbons (Fsp3) is 0.529. The van der Waals surface area contributed by atoms with Gasteiger partial charge in [0.1, 0.15) is 18.4 Å². The van der Waals surface area contributed by atoms with Gasteiger partial charge in [0.05, 0.1) is 24.7 Å². The smallest absolute Gasteiger partial charge is 0.414 e. The Hall–Kier alpha value is -3.68. The van der Waals surface area contributed by atoms with Crippen molar-refractivity contribution in [1.82, 2.24) is 15.0 Å². The molecule has 1 saturated heterocycles. The van der Waals surface area contributed by atoms with Crippen LogP contribution in [0.25, 0.3) is 0 Å². The van der Waals surface area contributed by atoms with Gasteiger partial charge in [-0.05, 0) is 91.2 Å². The molecule has 6 rings (SSSR count). The summed E-state index contributed by atoms with van der Waals surface area (Å²) in [7, 11) is 0. The van der Waals surface area contributed by atoms with Crippen LogP contribution < -0.4 is 4.90 Å². The van der Waals surface area contributed by atoms with Crippen LogP contribution in [0.15, 0.2) is 48.7 Å². The first kappa shape index (κ1) is 28.4. The van der Waals surface area contributed by atoms with Crippen molar-refractivity contribution in [2.75, 3.05) is 11.4 Å². The van der Waals surface area contributed by atoms with E-state index in [1.165, 1.54) is 16.7 Å². The average molecular weight is 571 g/mol. The summed E-state index contributed by atoms with van der Waals surface area (Å²) >= 11 is 0. The highest BCUT2D eigenvalue weighted by molar-refractivity contribution is 5.89. The van der Waals surface area contributed by atoms with Crippen molar-refractivity contribution in [1.29, 1.82) is 0 Å². The fourth-order valence-electron chi connectivity index (χ4n) is 7.75. The second-order valence-electron chi connectivity index (χ2n) is 13.3. The Labute approximate surface area is 248 Å². The van der Waals surface area contributed by atoms with Gasteiger partial charge in [-0.15, -0.1) is 5.10 Å². The Morgan fingerprint density at radius 1 is 1.17 bits per heavy atom. The first-order valence-corrected chi connectivity index (χ1v) is 15.3. The summed E-state index contributed by atoms with van der Waals surface area (Å²) in [5, 5.41) is 8.45. The molecule has 1 saturated carbocycles. The Balaban J connectivity index is 1.09. The van der Waals surface area contributed by atoms with E-state index >= 15 is 0 Å². The fourth-order valence-corrected chi connectivity index (χ4v) is 7.75. The van der Waals surface area contributed by atoms with Gasteiger partial charge in [-0.3, -0.25) is 9.69 Å². The lowest BCUT2D eigenvalue weighted by atomic mass is 9.49. The molecule has 3 aromatic rings. The van der Waals surface area contributed by atoms with Crippen LogP contribution in [0.4, 0.5) is 10.5 Å². The number of anilines is 1. The van der Waals surface area contributed by atoms with E-state index < -0.39 is 5.41 Å². The second-order valence-corrected chi connectivity index (χ2v) is 13.3. The molecule has 1 unspecified atom stereocenters. The van der Waals surface area contributed by atoms with Crippen molar-refractivity contribution in [2.45, 2.75) is 97.3 Å².